The van der Waals surface area contributed by atoms with Gasteiger partial charge >= 0.3 is 0 Å². The Labute approximate surface area is 105 Å². The molecule has 0 radical (unpaired) electrons. The molecule has 0 bridgehead atoms. The number of aliphatic imine (C=N–C) groups is 2. The Hall–Kier alpha value is -1.32. The van der Waals surface area contributed by atoms with Crippen LogP contribution in [0.15, 0.2) is 47.8 Å². The van der Waals surface area contributed by atoms with Crippen molar-refractivity contribution >= 4 is 40.5 Å². The van der Waals surface area contributed by atoms with E-state index in [1.165, 1.54) is 0 Å². The second-order valence-corrected chi connectivity index (χ2v) is 4.42. The molecule has 1 aromatic heterocycles. The summed E-state index contributed by atoms with van der Waals surface area (Å²) in [6.45, 7) is 0. The molecule has 3 heterocycles. The molecule has 1 unspecified atom stereocenters. The number of hydrogen-bond donors (Lipinski definition) is 1. The lowest BCUT2D eigenvalue weighted by Crippen LogP contribution is -2.49. The smallest absolute Gasteiger partial charge is 0.300 e. The normalized spacial score (nSPS) is 27.2. The van der Waals surface area contributed by atoms with E-state index in [-0.39, 0.29) is 4.70 Å². The molecule has 0 aliphatic carbocycles. The van der Waals surface area contributed by atoms with E-state index in [0.717, 1.165) is 3.70 Å². The number of quaternary nitrogens is 1. The van der Waals surface area contributed by atoms with Crippen LogP contribution in [0.5, 0.6) is 0 Å². The molecule has 0 spiro atoms. The molecule has 0 saturated carbocycles. The summed E-state index contributed by atoms with van der Waals surface area (Å²) in [5.74, 6) is 7.71. The fourth-order valence-corrected chi connectivity index (χ4v) is 2.02. The lowest BCUT2D eigenvalue weighted by molar-refractivity contribution is -0.803. The molecule has 6 nitrogen and oxygen atoms in total. The average Bonchev–Trinajstić information content (AvgIpc) is 2.81. The highest BCUT2D eigenvalue weighted by Crippen LogP contribution is 2.23. The Morgan fingerprint density at radius 2 is 2.31 bits per heavy atom. The van der Waals surface area contributed by atoms with Crippen LogP contribution in [-0.4, -0.2) is 22.6 Å². The van der Waals surface area contributed by atoms with Crippen LogP contribution in [0.1, 0.15) is 5.76 Å². The molecule has 7 heteroatoms. The van der Waals surface area contributed by atoms with E-state index in [4.69, 9.17) is 10.3 Å². The first kappa shape index (κ1) is 9.87. The van der Waals surface area contributed by atoms with E-state index in [1.54, 1.807) is 30.8 Å². The molecule has 1 atom stereocenters. The molecule has 2 aliphatic rings. The van der Waals surface area contributed by atoms with Gasteiger partial charge in [-0.05, 0) is 44.5 Å². The third-order valence-electron chi connectivity index (χ3n) is 2.20. The molecule has 0 amide bonds. The Bertz CT molecular complexity index is 556. The van der Waals surface area contributed by atoms with Crippen LogP contribution in [0.3, 0.4) is 0 Å². The van der Waals surface area contributed by atoms with Gasteiger partial charge in [0.1, 0.15) is 6.21 Å². The van der Waals surface area contributed by atoms with E-state index < -0.39 is 0 Å². The number of nitrogens with two attached hydrogens (primary N) is 1. The van der Waals surface area contributed by atoms with E-state index in [9.17, 15) is 0 Å². The van der Waals surface area contributed by atoms with Gasteiger partial charge in [0.2, 0.25) is 0 Å². The van der Waals surface area contributed by atoms with Crippen molar-refractivity contribution < 1.29 is 9.12 Å². The second kappa shape index (κ2) is 3.34. The molecule has 80 valence electrons. The summed E-state index contributed by atoms with van der Waals surface area (Å²) in [6.07, 6.45) is 4.90. The zero-order valence-corrected chi connectivity index (χ0v) is 10.2. The van der Waals surface area contributed by atoms with Crippen molar-refractivity contribution in [2.75, 3.05) is 0 Å². The van der Waals surface area contributed by atoms with Crippen molar-refractivity contribution in [1.29, 1.82) is 0 Å². The number of amidine groups is 2. The highest BCUT2D eigenvalue weighted by molar-refractivity contribution is 14.1. The van der Waals surface area contributed by atoms with Crippen molar-refractivity contribution in [2.45, 2.75) is 0 Å². The molecule has 0 aromatic carbocycles. The highest BCUT2D eigenvalue weighted by atomic mass is 127. The maximum Gasteiger partial charge on any atom is 0.300 e. The van der Waals surface area contributed by atoms with Crippen molar-refractivity contribution in [3.8, 4) is 0 Å². The molecular weight excluding hydrogens is 321 g/mol. The van der Waals surface area contributed by atoms with Crippen LogP contribution in [0.25, 0.3) is 0 Å². The van der Waals surface area contributed by atoms with Crippen LogP contribution in [0.2, 0.25) is 0 Å². The van der Waals surface area contributed by atoms with E-state index in [1.807, 2.05) is 0 Å². The minimum atomic E-state index is -0.197. The first-order valence-corrected chi connectivity index (χ1v) is 5.58. The largest absolute Gasteiger partial charge is 0.461 e. The molecule has 0 fully saturated rings. The summed E-state index contributed by atoms with van der Waals surface area (Å²) in [5, 5.41) is 4.30. The summed E-state index contributed by atoms with van der Waals surface area (Å²) >= 11 is 2.08. The molecule has 1 aromatic rings. The van der Waals surface area contributed by atoms with Gasteiger partial charge in [-0.2, -0.15) is 4.99 Å². The molecule has 0 saturated heterocycles. The Balaban J connectivity index is 2.09. The topological polar surface area (TPSA) is 76.2 Å². The van der Waals surface area contributed by atoms with Gasteiger partial charge in [-0.25, -0.2) is 4.99 Å². The lowest BCUT2D eigenvalue weighted by Gasteiger charge is -2.17. The lowest BCUT2D eigenvalue weighted by atomic mass is 10.4. The standard InChI is InChI=1S/C9H7IN5O/c10-7-5-15(11)8(4-12-7)13-9(14-15)6-2-1-3-16-6/h1-5H,11H2/q+1. The van der Waals surface area contributed by atoms with Crippen molar-refractivity contribution in [3.05, 3.63) is 34.1 Å². The van der Waals surface area contributed by atoms with Gasteiger partial charge in [-0.3, -0.25) is 0 Å². The second-order valence-electron chi connectivity index (χ2n) is 3.32. The molecular formula is C9H7IN5O+. The van der Waals surface area contributed by atoms with Crippen LogP contribution in [0, 0.1) is 0 Å². The number of furan rings is 1. The molecule has 2 N–H and O–H groups in total. The Kier molecular flexibility index (Phi) is 2.06. The Morgan fingerprint density at radius 1 is 1.44 bits per heavy atom. The zero-order chi connectivity index (χ0) is 11.2. The minimum absolute atomic E-state index is 0.197. The predicted molar refractivity (Wildman–Crippen MR) is 67.7 cm³/mol. The Morgan fingerprint density at radius 3 is 3.06 bits per heavy atom. The third kappa shape index (κ3) is 1.44. The van der Waals surface area contributed by atoms with Crippen molar-refractivity contribution in [3.63, 3.8) is 0 Å². The first-order chi connectivity index (χ1) is 7.67. The van der Waals surface area contributed by atoms with Crippen LogP contribution in [-0.2, 0) is 0 Å². The molecule has 2 aliphatic heterocycles. The summed E-state index contributed by atoms with van der Waals surface area (Å²) in [7, 11) is 0. The van der Waals surface area contributed by atoms with E-state index in [2.05, 4.69) is 37.7 Å². The van der Waals surface area contributed by atoms with Crippen LogP contribution >= 0.6 is 22.6 Å². The van der Waals surface area contributed by atoms with Gasteiger partial charge < -0.3 is 4.42 Å². The van der Waals surface area contributed by atoms with Crippen LogP contribution in [0.4, 0.5) is 0 Å². The summed E-state index contributed by atoms with van der Waals surface area (Å²) in [4.78, 5) is 8.41. The van der Waals surface area contributed by atoms with E-state index >= 15 is 0 Å². The minimum Gasteiger partial charge on any atom is -0.461 e. The number of rotatable bonds is 1. The monoisotopic (exact) mass is 328 g/mol. The number of nitrogens with zero attached hydrogens (tertiary/aromatic N) is 4. The number of halogens is 1. The maximum absolute atomic E-state index is 6.06. The van der Waals surface area contributed by atoms with Gasteiger partial charge in [-0.15, -0.1) is 5.84 Å². The summed E-state index contributed by atoms with van der Waals surface area (Å²) in [6, 6.07) is 3.57. The van der Waals surface area contributed by atoms with Gasteiger partial charge in [0.05, 0.1) is 6.26 Å². The van der Waals surface area contributed by atoms with Gasteiger partial charge in [0, 0.05) is 0 Å². The van der Waals surface area contributed by atoms with Gasteiger partial charge in [-0.1, -0.05) is 0 Å². The van der Waals surface area contributed by atoms with Crippen LogP contribution < -0.4 is 5.84 Å². The molecule has 3 rings (SSSR count). The SMILES string of the molecule is N[N+]12C=C(I)N=CC1=NC(c1ccco1)=N2. The summed E-state index contributed by atoms with van der Waals surface area (Å²) in [5.41, 5.74) is 0. The average molecular weight is 328 g/mol. The maximum atomic E-state index is 6.06. The fraction of sp³-hybridized carbons (Fsp3) is 0. The van der Waals surface area contributed by atoms with Crippen molar-refractivity contribution in [1.82, 2.24) is 0 Å². The van der Waals surface area contributed by atoms with Gasteiger partial charge in [0.15, 0.2) is 15.7 Å². The number of fused-ring (bicyclic) bond motifs is 1. The van der Waals surface area contributed by atoms with Crippen molar-refractivity contribution in [2.24, 2.45) is 20.9 Å². The third-order valence-corrected chi connectivity index (χ3v) is 2.75. The fourth-order valence-electron chi connectivity index (χ4n) is 1.46. The zero-order valence-electron chi connectivity index (χ0n) is 8.04. The number of hydrogen-bond acceptors (Lipinski definition) is 5. The highest BCUT2D eigenvalue weighted by Gasteiger charge is 2.39. The quantitative estimate of drug-likeness (QED) is 0.366. The first-order valence-electron chi connectivity index (χ1n) is 4.50. The van der Waals surface area contributed by atoms with Gasteiger partial charge in [0.25, 0.3) is 11.7 Å². The summed E-state index contributed by atoms with van der Waals surface area (Å²) < 4.78 is 5.81. The predicted octanol–water partition coefficient (Wildman–Crippen LogP) is 1.36. The van der Waals surface area contributed by atoms with E-state index in [0.29, 0.717) is 17.4 Å². The molecule has 16 heavy (non-hydrogen) atoms.